The third-order valence-electron chi connectivity index (χ3n) is 3.10. The van der Waals surface area contributed by atoms with E-state index in [-0.39, 0.29) is 0 Å². The molecule has 2 heterocycles. The number of benzene rings is 1. The lowest BCUT2D eigenvalue weighted by molar-refractivity contribution is 0.686. The minimum atomic E-state index is 0.383. The van der Waals surface area contributed by atoms with Crippen molar-refractivity contribution < 1.29 is 0 Å². The summed E-state index contributed by atoms with van der Waals surface area (Å²) in [6.45, 7) is 2.58. The molecular formula is C15H16N6. The van der Waals surface area contributed by atoms with Crippen LogP contribution in [-0.4, -0.2) is 25.7 Å². The molecule has 0 fully saturated rings. The summed E-state index contributed by atoms with van der Waals surface area (Å²) in [5.41, 5.74) is 8.79. The molecule has 0 aliphatic rings. The molecule has 6 heteroatoms. The van der Waals surface area contributed by atoms with Crippen LogP contribution in [0.1, 0.15) is 16.8 Å². The first-order valence-electron chi connectivity index (χ1n) is 6.63. The van der Waals surface area contributed by atoms with Crippen molar-refractivity contribution in [3.63, 3.8) is 0 Å². The summed E-state index contributed by atoms with van der Waals surface area (Å²) in [5, 5.41) is 8.59. The third-order valence-corrected chi connectivity index (χ3v) is 3.10. The van der Waals surface area contributed by atoms with Crippen LogP contribution in [0.2, 0.25) is 0 Å². The Kier molecular flexibility index (Phi) is 3.51. The zero-order valence-corrected chi connectivity index (χ0v) is 11.7. The normalized spacial score (nSPS) is 11.3. The average molecular weight is 280 g/mol. The van der Waals surface area contributed by atoms with Crippen molar-refractivity contribution in [1.82, 2.24) is 19.4 Å². The van der Waals surface area contributed by atoms with Crippen LogP contribution in [0.5, 0.6) is 0 Å². The molecule has 2 N–H and O–H groups in total. The van der Waals surface area contributed by atoms with Crippen molar-refractivity contribution in [3.05, 3.63) is 65.7 Å². The molecule has 0 spiro atoms. The Morgan fingerprint density at radius 3 is 2.86 bits per heavy atom. The van der Waals surface area contributed by atoms with Gasteiger partial charge in [-0.1, -0.05) is 24.3 Å². The van der Waals surface area contributed by atoms with E-state index < -0.39 is 0 Å². The summed E-state index contributed by atoms with van der Waals surface area (Å²) < 4.78 is 3.45. The minimum Gasteiger partial charge on any atom is -0.368 e. The van der Waals surface area contributed by atoms with Gasteiger partial charge in [-0.25, -0.2) is 9.66 Å². The number of rotatable bonds is 4. The number of hydrogen-bond donors (Lipinski definition) is 1. The molecule has 3 rings (SSSR count). The molecule has 0 amide bonds. The summed E-state index contributed by atoms with van der Waals surface area (Å²) in [6.07, 6.45) is 7.29. The van der Waals surface area contributed by atoms with Gasteiger partial charge in [-0.05, 0) is 24.1 Å². The zero-order chi connectivity index (χ0) is 14.7. The lowest BCUT2D eigenvalue weighted by atomic mass is 10.1. The van der Waals surface area contributed by atoms with Crippen LogP contribution < -0.4 is 5.73 Å². The molecule has 0 saturated heterocycles. The molecule has 106 valence electrons. The van der Waals surface area contributed by atoms with E-state index in [1.807, 2.05) is 42.1 Å². The van der Waals surface area contributed by atoms with E-state index in [0.29, 0.717) is 12.5 Å². The van der Waals surface area contributed by atoms with Crippen LogP contribution in [0.15, 0.2) is 54.0 Å². The fourth-order valence-electron chi connectivity index (χ4n) is 2.09. The Morgan fingerprint density at radius 2 is 2.14 bits per heavy atom. The van der Waals surface area contributed by atoms with Gasteiger partial charge in [0.2, 0.25) is 5.95 Å². The van der Waals surface area contributed by atoms with Gasteiger partial charge in [0.25, 0.3) is 0 Å². The van der Waals surface area contributed by atoms with Crippen molar-refractivity contribution >= 4 is 12.2 Å². The van der Waals surface area contributed by atoms with E-state index in [2.05, 4.69) is 21.3 Å². The second-order valence-electron chi connectivity index (χ2n) is 4.73. The summed E-state index contributed by atoms with van der Waals surface area (Å²) in [5.74, 6) is 0.383. The third kappa shape index (κ3) is 3.00. The highest BCUT2D eigenvalue weighted by Crippen LogP contribution is 2.09. The van der Waals surface area contributed by atoms with Crippen LogP contribution in [0.25, 0.3) is 0 Å². The minimum absolute atomic E-state index is 0.383. The number of hydrogen-bond acceptors (Lipinski definition) is 4. The second kappa shape index (κ2) is 5.62. The summed E-state index contributed by atoms with van der Waals surface area (Å²) in [6, 6.07) is 9.97. The molecule has 0 unspecified atom stereocenters. The van der Waals surface area contributed by atoms with Crippen LogP contribution in [-0.2, 0) is 6.54 Å². The topological polar surface area (TPSA) is 74.0 Å². The predicted octanol–water partition coefficient (Wildman–Crippen LogP) is 1.90. The SMILES string of the molecule is Cc1cn(N=Cc2ccccc2Cn2cccn2)c(N)n1. The number of nitrogens with zero attached hydrogens (tertiary/aromatic N) is 5. The van der Waals surface area contributed by atoms with Crippen LogP contribution >= 0.6 is 0 Å². The second-order valence-corrected chi connectivity index (χ2v) is 4.73. The van der Waals surface area contributed by atoms with E-state index >= 15 is 0 Å². The molecule has 0 aliphatic heterocycles. The van der Waals surface area contributed by atoms with Crippen molar-refractivity contribution in [1.29, 1.82) is 0 Å². The van der Waals surface area contributed by atoms with Crippen molar-refractivity contribution in [3.8, 4) is 0 Å². The summed E-state index contributed by atoms with van der Waals surface area (Å²) in [7, 11) is 0. The average Bonchev–Trinajstić information content (AvgIpc) is 3.08. The molecule has 1 aromatic carbocycles. The quantitative estimate of drug-likeness (QED) is 0.742. The first kappa shape index (κ1) is 13.1. The van der Waals surface area contributed by atoms with Gasteiger partial charge in [-0.2, -0.15) is 10.2 Å². The maximum atomic E-state index is 5.78. The maximum Gasteiger partial charge on any atom is 0.221 e. The van der Waals surface area contributed by atoms with Gasteiger partial charge in [0.1, 0.15) is 0 Å². The smallest absolute Gasteiger partial charge is 0.221 e. The molecule has 6 nitrogen and oxygen atoms in total. The van der Waals surface area contributed by atoms with E-state index in [1.54, 1.807) is 23.3 Å². The van der Waals surface area contributed by atoms with E-state index in [4.69, 9.17) is 5.73 Å². The Labute approximate surface area is 122 Å². The largest absolute Gasteiger partial charge is 0.368 e. The summed E-state index contributed by atoms with van der Waals surface area (Å²) in [4.78, 5) is 4.12. The fraction of sp³-hybridized carbons (Fsp3) is 0.133. The summed E-state index contributed by atoms with van der Waals surface area (Å²) >= 11 is 0. The molecular weight excluding hydrogens is 264 g/mol. The lowest BCUT2D eigenvalue weighted by Crippen LogP contribution is -2.04. The maximum absolute atomic E-state index is 5.78. The highest BCUT2D eigenvalue weighted by Gasteiger charge is 2.02. The molecule has 2 aromatic heterocycles. The monoisotopic (exact) mass is 280 g/mol. The van der Waals surface area contributed by atoms with E-state index in [0.717, 1.165) is 16.8 Å². The van der Waals surface area contributed by atoms with Gasteiger partial charge < -0.3 is 5.73 Å². The number of aryl methyl sites for hydroxylation is 1. The van der Waals surface area contributed by atoms with Crippen LogP contribution in [0, 0.1) is 6.92 Å². The van der Waals surface area contributed by atoms with E-state index in [1.165, 1.54) is 0 Å². The number of imidazole rings is 1. The van der Waals surface area contributed by atoms with Crippen molar-refractivity contribution in [2.45, 2.75) is 13.5 Å². The zero-order valence-electron chi connectivity index (χ0n) is 11.7. The first-order chi connectivity index (χ1) is 10.2. The lowest BCUT2D eigenvalue weighted by Gasteiger charge is -2.06. The molecule has 21 heavy (non-hydrogen) atoms. The number of nitrogens with two attached hydrogens (primary N) is 1. The standard InChI is InChI=1S/C15H16N6/c1-12-10-21(15(16)19-12)18-9-13-5-2-3-6-14(13)11-20-8-4-7-17-20/h2-10H,11H2,1H3,(H2,16,19). The van der Waals surface area contributed by atoms with Gasteiger partial charge in [0, 0.05) is 12.4 Å². The number of nitrogen functional groups attached to an aromatic ring is 1. The fourth-order valence-corrected chi connectivity index (χ4v) is 2.09. The molecule has 0 bridgehead atoms. The Bertz CT molecular complexity index is 754. The number of anilines is 1. The van der Waals surface area contributed by atoms with Crippen LogP contribution in [0.4, 0.5) is 5.95 Å². The van der Waals surface area contributed by atoms with Crippen molar-refractivity contribution in [2.75, 3.05) is 5.73 Å². The first-order valence-corrected chi connectivity index (χ1v) is 6.63. The van der Waals surface area contributed by atoms with Gasteiger partial charge >= 0.3 is 0 Å². The molecule has 0 radical (unpaired) electrons. The van der Waals surface area contributed by atoms with Crippen molar-refractivity contribution in [2.24, 2.45) is 5.10 Å². The van der Waals surface area contributed by atoms with Crippen LogP contribution in [0.3, 0.4) is 0 Å². The molecule has 0 atom stereocenters. The molecule has 0 aliphatic carbocycles. The highest BCUT2D eigenvalue weighted by molar-refractivity contribution is 5.81. The number of aromatic nitrogens is 4. The molecule has 0 saturated carbocycles. The van der Waals surface area contributed by atoms with Gasteiger partial charge in [0.15, 0.2) is 0 Å². The Hall–Kier alpha value is -2.89. The Morgan fingerprint density at radius 1 is 1.29 bits per heavy atom. The van der Waals surface area contributed by atoms with E-state index in [9.17, 15) is 0 Å². The highest BCUT2D eigenvalue weighted by atomic mass is 15.4. The Balaban J connectivity index is 1.87. The molecule has 3 aromatic rings. The predicted molar refractivity (Wildman–Crippen MR) is 82.1 cm³/mol. The van der Waals surface area contributed by atoms with Gasteiger partial charge in [-0.3, -0.25) is 4.68 Å². The van der Waals surface area contributed by atoms with Gasteiger partial charge in [0.05, 0.1) is 24.7 Å². The van der Waals surface area contributed by atoms with Gasteiger partial charge in [-0.15, -0.1) is 0 Å².